The maximum absolute atomic E-state index is 12.3. The van der Waals surface area contributed by atoms with Crippen molar-refractivity contribution in [3.8, 4) is 5.69 Å². The van der Waals surface area contributed by atoms with E-state index in [1.165, 1.54) is 11.3 Å². The average Bonchev–Trinajstić information content (AvgIpc) is 3.10. The fraction of sp³-hybridized carbons (Fsp3) is 0. The van der Waals surface area contributed by atoms with Crippen LogP contribution >= 0.6 is 43.2 Å². The summed E-state index contributed by atoms with van der Waals surface area (Å²) in [6, 6.07) is 9.21. The molecule has 0 unspecified atom stereocenters. The van der Waals surface area contributed by atoms with E-state index in [1.807, 2.05) is 24.3 Å². The highest BCUT2D eigenvalue weighted by Crippen LogP contribution is 2.33. The zero-order valence-corrected chi connectivity index (χ0v) is 14.4. The predicted octanol–water partition coefficient (Wildman–Crippen LogP) is 4.11. The maximum Gasteiger partial charge on any atom is 0.265 e. The van der Waals surface area contributed by atoms with Crippen LogP contribution in [0.15, 0.2) is 51.0 Å². The van der Waals surface area contributed by atoms with Crippen LogP contribution in [-0.4, -0.2) is 20.9 Å². The van der Waals surface area contributed by atoms with Crippen molar-refractivity contribution in [2.45, 2.75) is 0 Å². The lowest BCUT2D eigenvalue weighted by Crippen LogP contribution is -2.12. The number of hydrogen-bond donors (Lipinski definition) is 1. The maximum atomic E-state index is 12.3. The molecule has 1 amide bonds. The van der Waals surface area contributed by atoms with Gasteiger partial charge in [-0.05, 0) is 50.1 Å². The van der Waals surface area contributed by atoms with E-state index in [0.717, 1.165) is 13.9 Å². The molecule has 0 aliphatic carbocycles. The molecule has 0 bridgehead atoms. The summed E-state index contributed by atoms with van der Waals surface area (Å²) in [6.45, 7) is 0. The molecule has 0 saturated heterocycles. The summed E-state index contributed by atoms with van der Waals surface area (Å²) in [7, 11) is 0. The van der Waals surface area contributed by atoms with Gasteiger partial charge in [0, 0.05) is 4.47 Å². The number of hydrogen-bond acceptors (Lipinski definition) is 4. The first-order valence-electron chi connectivity index (χ1n) is 5.87. The van der Waals surface area contributed by atoms with Gasteiger partial charge in [-0.1, -0.05) is 17.3 Å². The highest BCUT2D eigenvalue weighted by atomic mass is 79.9. The number of para-hydroxylation sites is 2. The van der Waals surface area contributed by atoms with Crippen LogP contribution in [0.1, 0.15) is 9.67 Å². The van der Waals surface area contributed by atoms with Crippen molar-refractivity contribution in [1.82, 2.24) is 15.0 Å². The van der Waals surface area contributed by atoms with E-state index >= 15 is 0 Å². The van der Waals surface area contributed by atoms with Crippen molar-refractivity contribution in [2.75, 3.05) is 5.32 Å². The monoisotopic (exact) mass is 426 g/mol. The molecule has 1 N–H and O–H groups in total. The lowest BCUT2D eigenvalue weighted by Gasteiger charge is -2.09. The Morgan fingerprint density at radius 1 is 1.29 bits per heavy atom. The summed E-state index contributed by atoms with van der Waals surface area (Å²) in [5.41, 5.74) is 1.44. The smallest absolute Gasteiger partial charge is 0.265 e. The largest absolute Gasteiger partial charge is 0.319 e. The van der Waals surface area contributed by atoms with Gasteiger partial charge in [0.15, 0.2) is 0 Å². The van der Waals surface area contributed by atoms with Gasteiger partial charge >= 0.3 is 0 Å². The number of aromatic nitrogens is 3. The first-order valence-corrected chi connectivity index (χ1v) is 8.27. The van der Waals surface area contributed by atoms with E-state index in [-0.39, 0.29) is 5.91 Å². The first-order chi connectivity index (χ1) is 10.1. The Kier molecular flexibility index (Phi) is 4.18. The van der Waals surface area contributed by atoms with Gasteiger partial charge in [0.2, 0.25) is 0 Å². The minimum absolute atomic E-state index is 0.168. The van der Waals surface area contributed by atoms with E-state index in [2.05, 4.69) is 47.5 Å². The van der Waals surface area contributed by atoms with Crippen LogP contribution in [0, 0.1) is 0 Å². The SMILES string of the molecule is O=C(Nc1ccccc1-n1ccnn1)c1cc(Br)c(Br)s1. The summed E-state index contributed by atoms with van der Waals surface area (Å²) < 4.78 is 3.36. The molecule has 0 atom stereocenters. The Balaban J connectivity index is 1.90. The van der Waals surface area contributed by atoms with Crippen molar-refractivity contribution in [3.05, 3.63) is 55.9 Å². The lowest BCUT2D eigenvalue weighted by atomic mass is 10.2. The van der Waals surface area contributed by atoms with Crippen LogP contribution < -0.4 is 5.32 Å². The second kappa shape index (κ2) is 6.08. The number of nitrogens with one attached hydrogen (secondary N) is 1. The standard InChI is InChI=1S/C13H8Br2N4OS/c14-8-7-11(21-12(8)15)13(20)17-9-3-1-2-4-10(9)19-6-5-16-18-19/h1-7H,(H,17,20). The quantitative estimate of drug-likeness (QED) is 0.684. The fourth-order valence-electron chi connectivity index (χ4n) is 1.76. The summed E-state index contributed by atoms with van der Waals surface area (Å²) in [5, 5.41) is 10.6. The van der Waals surface area contributed by atoms with Gasteiger partial charge in [-0.2, -0.15) is 0 Å². The normalized spacial score (nSPS) is 10.6. The molecule has 2 heterocycles. The van der Waals surface area contributed by atoms with E-state index in [0.29, 0.717) is 10.6 Å². The van der Waals surface area contributed by atoms with E-state index in [1.54, 1.807) is 23.1 Å². The molecule has 5 nitrogen and oxygen atoms in total. The topological polar surface area (TPSA) is 59.8 Å². The van der Waals surface area contributed by atoms with Gasteiger partial charge in [0.25, 0.3) is 5.91 Å². The number of carbonyl (C=O) groups excluding carboxylic acids is 1. The Morgan fingerprint density at radius 2 is 2.10 bits per heavy atom. The third-order valence-corrected chi connectivity index (χ3v) is 5.95. The van der Waals surface area contributed by atoms with Crippen LogP contribution in [0.3, 0.4) is 0 Å². The van der Waals surface area contributed by atoms with Crippen molar-refractivity contribution in [3.63, 3.8) is 0 Å². The molecule has 0 fully saturated rings. The summed E-state index contributed by atoms with van der Waals surface area (Å²) in [4.78, 5) is 12.9. The number of carbonyl (C=O) groups is 1. The molecule has 8 heteroatoms. The van der Waals surface area contributed by atoms with Crippen LogP contribution in [0.4, 0.5) is 5.69 Å². The highest BCUT2D eigenvalue weighted by molar-refractivity contribution is 9.13. The van der Waals surface area contributed by atoms with E-state index in [4.69, 9.17) is 0 Å². The minimum atomic E-state index is -0.168. The first kappa shape index (κ1) is 14.4. The third-order valence-electron chi connectivity index (χ3n) is 2.69. The number of anilines is 1. The van der Waals surface area contributed by atoms with Gasteiger partial charge in [-0.15, -0.1) is 16.4 Å². The van der Waals surface area contributed by atoms with Gasteiger partial charge < -0.3 is 5.32 Å². The number of thiophene rings is 1. The molecule has 0 aliphatic rings. The van der Waals surface area contributed by atoms with Crippen molar-refractivity contribution >= 4 is 54.8 Å². The number of halogens is 2. The van der Waals surface area contributed by atoms with Gasteiger partial charge in [-0.25, -0.2) is 4.68 Å². The Labute approximate surface area is 141 Å². The zero-order valence-electron chi connectivity index (χ0n) is 10.5. The third kappa shape index (κ3) is 3.07. The van der Waals surface area contributed by atoms with Crippen molar-refractivity contribution in [1.29, 1.82) is 0 Å². The minimum Gasteiger partial charge on any atom is -0.319 e. The van der Waals surface area contributed by atoms with Crippen molar-refractivity contribution in [2.24, 2.45) is 0 Å². The van der Waals surface area contributed by atoms with Crippen LogP contribution in [-0.2, 0) is 0 Å². The van der Waals surface area contributed by atoms with Crippen molar-refractivity contribution < 1.29 is 4.79 Å². The fourth-order valence-corrected chi connectivity index (χ4v) is 3.69. The molecule has 0 spiro atoms. The van der Waals surface area contributed by atoms with Crippen LogP contribution in [0.25, 0.3) is 5.69 Å². The average molecular weight is 428 g/mol. The summed E-state index contributed by atoms with van der Waals surface area (Å²) in [6.07, 6.45) is 3.31. The Morgan fingerprint density at radius 3 is 2.76 bits per heavy atom. The van der Waals surface area contributed by atoms with E-state index in [9.17, 15) is 4.79 Å². The Bertz CT molecular complexity index is 766. The molecule has 0 radical (unpaired) electrons. The van der Waals surface area contributed by atoms with Crippen LogP contribution in [0.5, 0.6) is 0 Å². The number of nitrogens with zero attached hydrogens (tertiary/aromatic N) is 3. The molecule has 0 saturated carbocycles. The summed E-state index contributed by atoms with van der Waals surface area (Å²) >= 11 is 8.13. The Hall–Kier alpha value is -1.51. The molecular weight excluding hydrogens is 420 g/mol. The van der Waals surface area contributed by atoms with Gasteiger partial charge in [0.05, 0.1) is 32.4 Å². The molecule has 2 aromatic heterocycles. The molecule has 3 aromatic rings. The zero-order chi connectivity index (χ0) is 14.8. The molecule has 1 aromatic carbocycles. The number of rotatable bonds is 3. The molecule has 0 aliphatic heterocycles. The highest BCUT2D eigenvalue weighted by Gasteiger charge is 2.14. The number of benzene rings is 1. The second-order valence-electron chi connectivity index (χ2n) is 4.05. The van der Waals surface area contributed by atoms with Crippen LogP contribution in [0.2, 0.25) is 0 Å². The molecule has 106 valence electrons. The van der Waals surface area contributed by atoms with Gasteiger partial charge in [-0.3, -0.25) is 4.79 Å². The van der Waals surface area contributed by atoms with E-state index < -0.39 is 0 Å². The van der Waals surface area contributed by atoms with Gasteiger partial charge in [0.1, 0.15) is 0 Å². The molecule has 21 heavy (non-hydrogen) atoms. The summed E-state index contributed by atoms with van der Waals surface area (Å²) in [5.74, 6) is -0.168. The second-order valence-corrected chi connectivity index (χ2v) is 7.28. The molecule has 3 rings (SSSR count). The lowest BCUT2D eigenvalue weighted by molar-refractivity contribution is 0.103. The molecular formula is C13H8Br2N4OS. The number of amides is 1. The predicted molar refractivity (Wildman–Crippen MR) is 89.0 cm³/mol.